The lowest BCUT2D eigenvalue weighted by Crippen LogP contribution is -2.22. The molecule has 0 aromatic heterocycles. The lowest BCUT2D eigenvalue weighted by atomic mass is 10.1. The van der Waals surface area contributed by atoms with Gasteiger partial charge in [-0.2, -0.15) is 0 Å². The van der Waals surface area contributed by atoms with Crippen molar-refractivity contribution in [2.75, 3.05) is 0 Å². The molecule has 0 spiro atoms. The zero-order valence-corrected chi connectivity index (χ0v) is 12.5. The minimum absolute atomic E-state index is 0.169. The summed E-state index contributed by atoms with van der Waals surface area (Å²) in [7, 11) is 0. The van der Waals surface area contributed by atoms with Gasteiger partial charge >= 0.3 is 0 Å². The summed E-state index contributed by atoms with van der Waals surface area (Å²) >= 11 is 0. The number of hydrogen-bond donors (Lipinski definition) is 0. The highest BCUT2D eigenvalue weighted by Gasteiger charge is 2.09. The Labute approximate surface area is 117 Å². The quantitative estimate of drug-likeness (QED) is 0.512. The number of ether oxygens (including phenoxy) is 2. The highest BCUT2D eigenvalue weighted by Crippen LogP contribution is 2.08. The normalized spacial score (nSPS) is 12.2. The van der Waals surface area contributed by atoms with Crippen LogP contribution in [-0.4, -0.2) is 18.5 Å². The van der Waals surface area contributed by atoms with Crippen molar-refractivity contribution >= 4 is 0 Å². The van der Waals surface area contributed by atoms with Crippen LogP contribution >= 0.6 is 0 Å². The molecule has 1 rings (SSSR count). The average molecular weight is 262 g/mol. The summed E-state index contributed by atoms with van der Waals surface area (Å²) in [6.07, 6.45) is 6.31. The summed E-state index contributed by atoms with van der Waals surface area (Å²) in [4.78, 5) is 0. The lowest BCUT2D eigenvalue weighted by molar-refractivity contribution is -0.152. The van der Waals surface area contributed by atoms with Crippen LogP contribution in [0.5, 0.6) is 0 Å². The van der Waals surface area contributed by atoms with Gasteiger partial charge in [0, 0.05) is 0 Å². The monoisotopic (exact) mass is 262 g/mol. The van der Waals surface area contributed by atoms with E-state index in [2.05, 4.69) is 30.3 Å². The first-order valence-electron chi connectivity index (χ1n) is 7.09. The van der Waals surface area contributed by atoms with Crippen molar-refractivity contribution in [3.63, 3.8) is 0 Å². The lowest BCUT2D eigenvalue weighted by Gasteiger charge is -2.20. The van der Waals surface area contributed by atoms with Gasteiger partial charge in [0.1, 0.15) is 0 Å². The zero-order valence-electron chi connectivity index (χ0n) is 12.5. The van der Waals surface area contributed by atoms with Gasteiger partial charge in [0.05, 0.1) is 12.2 Å². The molecule has 0 aliphatic heterocycles. The van der Waals surface area contributed by atoms with Gasteiger partial charge in [-0.1, -0.05) is 36.4 Å². The van der Waals surface area contributed by atoms with E-state index in [1.807, 2.05) is 39.8 Å². The number of rotatable bonds is 8. The molecule has 0 fully saturated rings. The SMILES string of the molecule is CC(C)OC(C=CCCc1ccccc1)OC(C)C. The molecule has 0 radical (unpaired) electrons. The summed E-state index contributed by atoms with van der Waals surface area (Å²) in [6.45, 7) is 8.09. The molecule has 0 heterocycles. The molecule has 0 unspecified atom stereocenters. The van der Waals surface area contributed by atoms with E-state index in [1.54, 1.807) is 0 Å². The van der Waals surface area contributed by atoms with Gasteiger partial charge in [0.15, 0.2) is 6.29 Å². The number of hydrogen-bond acceptors (Lipinski definition) is 2. The van der Waals surface area contributed by atoms with Gasteiger partial charge in [-0.05, 0) is 52.2 Å². The summed E-state index contributed by atoms with van der Waals surface area (Å²) in [5.74, 6) is 0. The fourth-order valence-corrected chi connectivity index (χ4v) is 1.76. The minimum atomic E-state index is -0.240. The van der Waals surface area contributed by atoms with Gasteiger partial charge in [-0.25, -0.2) is 0 Å². The summed E-state index contributed by atoms with van der Waals surface area (Å²) in [5, 5.41) is 0. The molecule has 0 saturated carbocycles. The van der Waals surface area contributed by atoms with Crippen LogP contribution < -0.4 is 0 Å². The Kier molecular flexibility index (Phi) is 7.46. The van der Waals surface area contributed by atoms with Crippen molar-refractivity contribution in [1.82, 2.24) is 0 Å². The van der Waals surface area contributed by atoms with E-state index in [4.69, 9.17) is 9.47 Å². The second-order valence-corrected chi connectivity index (χ2v) is 5.19. The summed E-state index contributed by atoms with van der Waals surface area (Å²) in [6, 6.07) is 10.5. The first-order valence-corrected chi connectivity index (χ1v) is 7.09. The number of aryl methyl sites for hydroxylation is 1. The highest BCUT2D eigenvalue weighted by atomic mass is 16.7. The Morgan fingerprint density at radius 1 is 0.947 bits per heavy atom. The number of allylic oxidation sites excluding steroid dienone is 1. The van der Waals surface area contributed by atoms with E-state index >= 15 is 0 Å². The second kappa shape index (κ2) is 8.89. The van der Waals surface area contributed by atoms with Crippen molar-refractivity contribution in [2.45, 2.75) is 59.0 Å². The smallest absolute Gasteiger partial charge is 0.177 e. The molecule has 106 valence electrons. The first-order chi connectivity index (χ1) is 9.08. The summed E-state index contributed by atoms with van der Waals surface area (Å²) < 4.78 is 11.4. The maximum Gasteiger partial charge on any atom is 0.177 e. The van der Waals surface area contributed by atoms with E-state index in [1.165, 1.54) is 5.56 Å². The van der Waals surface area contributed by atoms with Crippen LogP contribution in [0.25, 0.3) is 0 Å². The molecule has 1 aromatic carbocycles. The Morgan fingerprint density at radius 2 is 1.53 bits per heavy atom. The highest BCUT2D eigenvalue weighted by molar-refractivity contribution is 5.15. The Hall–Kier alpha value is -1.12. The van der Waals surface area contributed by atoms with Crippen LogP contribution in [0, 0.1) is 0 Å². The van der Waals surface area contributed by atoms with Crippen LogP contribution in [0.3, 0.4) is 0 Å². The average Bonchev–Trinajstić information content (AvgIpc) is 2.34. The molecular weight excluding hydrogens is 236 g/mol. The molecule has 0 atom stereocenters. The fraction of sp³-hybridized carbons (Fsp3) is 0.529. The standard InChI is InChI=1S/C17H26O2/c1-14(2)18-17(19-15(3)4)13-9-8-12-16-10-6-5-7-11-16/h5-7,9-11,13-15,17H,8,12H2,1-4H3. The zero-order chi connectivity index (χ0) is 14.1. The molecule has 2 heteroatoms. The Morgan fingerprint density at radius 3 is 2.05 bits per heavy atom. The van der Waals surface area contributed by atoms with E-state index < -0.39 is 0 Å². The van der Waals surface area contributed by atoms with Crippen molar-refractivity contribution in [1.29, 1.82) is 0 Å². The molecule has 1 aromatic rings. The van der Waals surface area contributed by atoms with E-state index in [0.29, 0.717) is 0 Å². The fourth-order valence-electron chi connectivity index (χ4n) is 1.76. The third kappa shape index (κ3) is 7.81. The van der Waals surface area contributed by atoms with Crippen molar-refractivity contribution in [2.24, 2.45) is 0 Å². The molecule has 0 bridgehead atoms. The third-order valence-electron chi connectivity index (χ3n) is 2.55. The third-order valence-corrected chi connectivity index (χ3v) is 2.55. The topological polar surface area (TPSA) is 18.5 Å². The van der Waals surface area contributed by atoms with Crippen LogP contribution in [0.4, 0.5) is 0 Å². The largest absolute Gasteiger partial charge is 0.346 e. The van der Waals surface area contributed by atoms with Crippen molar-refractivity contribution < 1.29 is 9.47 Å². The molecule has 0 aliphatic carbocycles. The molecular formula is C17H26O2. The minimum Gasteiger partial charge on any atom is -0.346 e. The van der Waals surface area contributed by atoms with Crippen LogP contribution in [0.2, 0.25) is 0 Å². The van der Waals surface area contributed by atoms with Gasteiger partial charge in [0.2, 0.25) is 0 Å². The predicted octanol–water partition coefficient (Wildman–Crippen LogP) is 4.35. The van der Waals surface area contributed by atoms with Crippen molar-refractivity contribution in [3.8, 4) is 0 Å². The van der Waals surface area contributed by atoms with Gasteiger partial charge in [0.25, 0.3) is 0 Å². The molecule has 0 N–H and O–H groups in total. The van der Waals surface area contributed by atoms with Crippen LogP contribution in [0.15, 0.2) is 42.5 Å². The maximum absolute atomic E-state index is 5.70. The van der Waals surface area contributed by atoms with Gasteiger partial charge < -0.3 is 9.47 Å². The van der Waals surface area contributed by atoms with Gasteiger partial charge in [-0.15, -0.1) is 0 Å². The van der Waals surface area contributed by atoms with Crippen LogP contribution in [-0.2, 0) is 15.9 Å². The summed E-state index contributed by atoms with van der Waals surface area (Å²) in [5.41, 5.74) is 1.36. The van der Waals surface area contributed by atoms with E-state index in [0.717, 1.165) is 12.8 Å². The molecule has 19 heavy (non-hydrogen) atoms. The van der Waals surface area contributed by atoms with E-state index in [9.17, 15) is 0 Å². The Bertz CT molecular complexity index is 345. The first kappa shape index (κ1) is 15.9. The van der Waals surface area contributed by atoms with Crippen LogP contribution in [0.1, 0.15) is 39.7 Å². The predicted molar refractivity (Wildman–Crippen MR) is 80.1 cm³/mol. The molecule has 0 saturated heterocycles. The van der Waals surface area contributed by atoms with Gasteiger partial charge in [-0.3, -0.25) is 0 Å². The Balaban J connectivity index is 2.38. The number of benzene rings is 1. The second-order valence-electron chi connectivity index (χ2n) is 5.19. The van der Waals surface area contributed by atoms with Crippen molar-refractivity contribution in [3.05, 3.63) is 48.0 Å². The molecule has 0 amide bonds. The molecule has 2 nitrogen and oxygen atoms in total. The van der Waals surface area contributed by atoms with E-state index in [-0.39, 0.29) is 18.5 Å². The molecule has 0 aliphatic rings. The maximum atomic E-state index is 5.70.